The average molecular weight is 328 g/mol. The zero-order chi connectivity index (χ0) is 16.1. The molecule has 0 bridgehead atoms. The highest BCUT2D eigenvalue weighted by atomic mass is 35.5. The lowest BCUT2D eigenvalue weighted by molar-refractivity contribution is 0.451. The lowest BCUT2D eigenvalue weighted by atomic mass is 9.89. The van der Waals surface area contributed by atoms with Crippen molar-refractivity contribution >= 4 is 11.6 Å². The Labute approximate surface area is 145 Å². The Bertz CT molecular complexity index is 623. The van der Waals surface area contributed by atoms with Crippen molar-refractivity contribution in [3.05, 3.63) is 70.2 Å². The predicted molar refractivity (Wildman–Crippen MR) is 99.3 cm³/mol. The molecule has 23 heavy (non-hydrogen) atoms. The first-order chi connectivity index (χ1) is 11.2. The van der Waals surface area contributed by atoms with Crippen molar-refractivity contribution in [3.8, 4) is 0 Å². The van der Waals surface area contributed by atoms with Gasteiger partial charge in [0.25, 0.3) is 0 Å². The minimum Gasteiger partial charge on any atom is -0.316 e. The Balaban J connectivity index is 1.40. The monoisotopic (exact) mass is 327 g/mol. The molecule has 3 rings (SSSR count). The van der Waals surface area contributed by atoms with Crippen LogP contribution in [0.3, 0.4) is 0 Å². The molecule has 0 saturated carbocycles. The molecular formula is C21H26ClN. The second kappa shape index (κ2) is 7.99. The number of rotatable bonds is 7. The maximum Gasteiger partial charge on any atom is 0.0408 e. The lowest BCUT2D eigenvalue weighted by Crippen LogP contribution is -2.19. The first-order valence-corrected chi connectivity index (χ1v) is 9.15. The molecule has 1 aliphatic rings. The van der Waals surface area contributed by atoms with Crippen LogP contribution in [0.2, 0.25) is 5.02 Å². The summed E-state index contributed by atoms with van der Waals surface area (Å²) in [7, 11) is 0. The fraction of sp³-hybridized carbons (Fsp3) is 0.429. The molecule has 1 N–H and O–H groups in total. The minimum absolute atomic E-state index is 0.707. The summed E-state index contributed by atoms with van der Waals surface area (Å²) < 4.78 is 0. The Kier molecular flexibility index (Phi) is 5.75. The lowest BCUT2D eigenvalue weighted by Gasteiger charge is -2.17. The second-order valence-electron chi connectivity index (χ2n) is 6.76. The van der Waals surface area contributed by atoms with Crippen LogP contribution in [0.15, 0.2) is 48.5 Å². The summed E-state index contributed by atoms with van der Waals surface area (Å²) in [5.41, 5.74) is 4.41. The van der Waals surface area contributed by atoms with E-state index in [-0.39, 0.29) is 0 Å². The van der Waals surface area contributed by atoms with Crippen molar-refractivity contribution in [2.75, 3.05) is 13.1 Å². The van der Waals surface area contributed by atoms with Crippen LogP contribution in [0.5, 0.6) is 0 Å². The van der Waals surface area contributed by atoms with E-state index in [1.54, 1.807) is 0 Å². The molecule has 0 radical (unpaired) electrons. The minimum atomic E-state index is 0.707. The number of benzene rings is 2. The quantitative estimate of drug-likeness (QED) is 0.687. The van der Waals surface area contributed by atoms with Crippen molar-refractivity contribution in [2.45, 2.75) is 38.5 Å². The number of nitrogens with one attached hydrogen (secondary N) is 1. The molecular weight excluding hydrogens is 302 g/mol. The van der Waals surface area contributed by atoms with E-state index in [9.17, 15) is 0 Å². The van der Waals surface area contributed by atoms with Gasteiger partial charge in [0, 0.05) is 5.02 Å². The SMILES string of the molecule is CC1Cc2cc(Cl)ccc2C1CCCNCCc1ccccc1. The third-order valence-electron chi connectivity index (χ3n) is 5.04. The Hall–Kier alpha value is -1.31. The van der Waals surface area contributed by atoms with Gasteiger partial charge in [0.15, 0.2) is 0 Å². The fourth-order valence-corrected chi connectivity index (χ4v) is 3.99. The largest absolute Gasteiger partial charge is 0.316 e. The molecule has 1 aliphatic carbocycles. The normalized spacial score (nSPS) is 19.7. The van der Waals surface area contributed by atoms with Gasteiger partial charge in [-0.05, 0) is 79.4 Å². The molecule has 1 nitrogen and oxygen atoms in total. The van der Waals surface area contributed by atoms with E-state index in [4.69, 9.17) is 11.6 Å². The molecule has 2 unspecified atom stereocenters. The zero-order valence-electron chi connectivity index (χ0n) is 13.9. The molecule has 2 aromatic carbocycles. The number of hydrogen-bond donors (Lipinski definition) is 1. The van der Waals surface area contributed by atoms with Gasteiger partial charge in [0.1, 0.15) is 0 Å². The van der Waals surface area contributed by atoms with Gasteiger partial charge in [-0.3, -0.25) is 0 Å². The average Bonchev–Trinajstić information content (AvgIpc) is 2.86. The Morgan fingerprint density at radius 3 is 2.74 bits per heavy atom. The van der Waals surface area contributed by atoms with Crippen molar-refractivity contribution < 1.29 is 0 Å². The molecule has 0 saturated heterocycles. The number of hydrogen-bond acceptors (Lipinski definition) is 1. The Morgan fingerprint density at radius 2 is 1.91 bits per heavy atom. The van der Waals surface area contributed by atoms with Crippen LogP contribution in [0.25, 0.3) is 0 Å². The van der Waals surface area contributed by atoms with E-state index < -0.39 is 0 Å². The van der Waals surface area contributed by atoms with Crippen LogP contribution in [-0.2, 0) is 12.8 Å². The van der Waals surface area contributed by atoms with Crippen molar-refractivity contribution in [1.29, 1.82) is 0 Å². The zero-order valence-corrected chi connectivity index (χ0v) is 14.7. The van der Waals surface area contributed by atoms with Crippen LogP contribution >= 0.6 is 11.6 Å². The maximum atomic E-state index is 6.12. The molecule has 0 fully saturated rings. The van der Waals surface area contributed by atoms with Gasteiger partial charge in [-0.15, -0.1) is 0 Å². The van der Waals surface area contributed by atoms with Gasteiger partial charge in [-0.2, -0.15) is 0 Å². The van der Waals surface area contributed by atoms with E-state index in [1.165, 1.54) is 36.0 Å². The van der Waals surface area contributed by atoms with Gasteiger partial charge >= 0.3 is 0 Å². The van der Waals surface area contributed by atoms with Crippen molar-refractivity contribution in [1.82, 2.24) is 5.32 Å². The van der Waals surface area contributed by atoms with E-state index in [2.05, 4.69) is 54.7 Å². The molecule has 0 amide bonds. The number of fused-ring (bicyclic) bond motifs is 1. The van der Waals surface area contributed by atoms with Crippen molar-refractivity contribution in [2.24, 2.45) is 5.92 Å². The topological polar surface area (TPSA) is 12.0 Å². The summed E-state index contributed by atoms with van der Waals surface area (Å²) in [4.78, 5) is 0. The third-order valence-corrected chi connectivity index (χ3v) is 5.27. The highest BCUT2D eigenvalue weighted by molar-refractivity contribution is 6.30. The van der Waals surface area contributed by atoms with E-state index >= 15 is 0 Å². The molecule has 2 heteroatoms. The maximum absolute atomic E-state index is 6.12. The third kappa shape index (κ3) is 4.37. The first kappa shape index (κ1) is 16.5. The highest BCUT2D eigenvalue weighted by Crippen LogP contribution is 2.41. The van der Waals surface area contributed by atoms with Gasteiger partial charge in [0.05, 0.1) is 0 Å². The van der Waals surface area contributed by atoms with Crippen molar-refractivity contribution in [3.63, 3.8) is 0 Å². The van der Waals surface area contributed by atoms with Crippen LogP contribution in [0.4, 0.5) is 0 Å². The summed E-state index contributed by atoms with van der Waals surface area (Å²) >= 11 is 6.12. The van der Waals surface area contributed by atoms with Gasteiger partial charge < -0.3 is 5.32 Å². The summed E-state index contributed by atoms with van der Waals surface area (Å²) in [6.07, 6.45) is 4.81. The summed E-state index contributed by atoms with van der Waals surface area (Å²) in [6, 6.07) is 17.1. The van der Waals surface area contributed by atoms with Crippen LogP contribution in [0, 0.1) is 5.92 Å². The van der Waals surface area contributed by atoms with Crippen LogP contribution in [0.1, 0.15) is 42.4 Å². The molecule has 0 aliphatic heterocycles. The number of halogens is 1. The van der Waals surface area contributed by atoms with Crippen LogP contribution < -0.4 is 5.32 Å². The van der Waals surface area contributed by atoms with Crippen LogP contribution in [-0.4, -0.2) is 13.1 Å². The van der Waals surface area contributed by atoms with Gasteiger partial charge in [-0.1, -0.05) is 54.9 Å². The molecule has 122 valence electrons. The second-order valence-corrected chi connectivity index (χ2v) is 7.20. The first-order valence-electron chi connectivity index (χ1n) is 8.77. The molecule has 2 aromatic rings. The predicted octanol–water partition coefficient (Wildman–Crippen LogP) is 5.23. The standard InChI is InChI=1S/C21H26ClN/c1-16-14-18-15-19(22)9-10-21(18)20(16)8-5-12-23-13-11-17-6-3-2-4-7-17/h2-4,6-7,9-10,15-16,20,23H,5,8,11-14H2,1H3. The summed E-state index contributed by atoms with van der Waals surface area (Å²) in [6.45, 7) is 4.55. The molecule has 0 spiro atoms. The van der Waals surface area contributed by atoms with E-state index in [0.29, 0.717) is 5.92 Å². The van der Waals surface area contributed by atoms with E-state index in [1.807, 2.05) is 6.07 Å². The smallest absolute Gasteiger partial charge is 0.0408 e. The summed E-state index contributed by atoms with van der Waals surface area (Å²) in [5.74, 6) is 1.45. The molecule has 0 heterocycles. The fourth-order valence-electron chi connectivity index (χ4n) is 3.80. The van der Waals surface area contributed by atoms with Gasteiger partial charge in [-0.25, -0.2) is 0 Å². The molecule has 2 atom stereocenters. The van der Waals surface area contributed by atoms with Gasteiger partial charge in [0.2, 0.25) is 0 Å². The summed E-state index contributed by atoms with van der Waals surface area (Å²) in [5, 5.41) is 4.46. The Morgan fingerprint density at radius 1 is 1.09 bits per heavy atom. The van der Waals surface area contributed by atoms with E-state index in [0.717, 1.165) is 30.5 Å². The highest BCUT2D eigenvalue weighted by Gasteiger charge is 2.28. The molecule has 0 aromatic heterocycles.